The van der Waals surface area contributed by atoms with Crippen molar-refractivity contribution in [2.24, 2.45) is 11.8 Å². The van der Waals surface area contributed by atoms with E-state index >= 15 is 0 Å². The molecule has 0 bridgehead atoms. The van der Waals surface area contributed by atoms with Crippen LogP contribution in [0.5, 0.6) is 11.5 Å². The fourth-order valence-corrected chi connectivity index (χ4v) is 3.46. The summed E-state index contributed by atoms with van der Waals surface area (Å²) in [5, 5.41) is 0. The van der Waals surface area contributed by atoms with Gasteiger partial charge in [-0.05, 0) is 59.2 Å². The van der Waals surface area contributed by atoms with Crippen molar-refractivity contribution >= 4 is 11.6 Å². The van der Waals surface area contributed by atoms with E-state index in [-0.39, 0.29) is 0 Å². The van der Waals surface area contributed by atoms with Crippen LogP contribution in [0, 0.1) is 11.8 Å². The van der Waals surface area contributed by atoms with Gasteiger partial charge >= 0.3 is 0 Å². The van der Waals surface area contributed by atoms with Gasteiger partial charge in [-0.15, -0.1) is 11.6 Å². The molecule has 0 N–H and O–H groups in total. The molecule has 0 fully saturated rings. The van der Waals surface area contributed by atoms with Crippen molar-refractivity contribution in [1.29, 1.82) is 0 Å². The van der Waals surface area contributed by atoms with E-state index in [4.69, 9.17) is 21.1 Å². The van der Waals surface area contributed by atoms with Crippen LogP contribution in [0.15, 0.2) is 42.5 Å². The van der Waals surface area contributed by atoms with Gasteiger partial charge in [-0.3, -0.25) is 0 Å². The van der Waals surface area contributed by atoms with Gasteiger partial charge in [0, 0.05) is 5.88 Å². The standard InChI is InChI=1S/C24H33ClO2/c1-18(2)7-5-8-19(3)13-14-27-23-10-6-9-20(15-23)24-12-11-22(26-4)16-21(24)17-25/h6,9-12,15-16,18-19H,5,7-8,13-14,17H2,1-4H3. The van der Waals surface area contributed by atoms with E-state index in [1.54, 1.807) is 7.11 Å². The minimum Gasteiger partial charge on any atom is -0.497 e. The van der Waals surface area contributed by atoms with E-state index in [0.717, 1.165) is 47.1 Å². The minimum atomic E-state index is 0.450. The lowest BCUT2D eigenvalue weighted by Gasteiger charge is -2.14. The number of alkyl halides is 1. The average Bonchev–Trinajstić information content (AvgIpc) is 2.67. The molecule has 2 rings (SSSR count). The number of hydrogen-bond acceptors (Lipinski definition) is 2. The highest BCUT2D eigenvalue weighted by molar-refractivity contribution is 6.17. The Balaban J connectivity index is 1.94. The zero-order chi connectivity index (χ0) is 19.6. The fraction of sp³-hybridized carbons (Fsp3) is 0.500. The van der Waals surface area contributed by atoms with E-state index in [0.29, 0.717) is 11.8 Å². The highest BCUT2D eigenvalue weighted by Crippen LogP contribution is 2.31. The molecule has 0 saturated carbocycles. The van der Waals surface area contributed by atoms with E-state index in [1.807, 2.05) is 24.3 Å². The molecule has 148 valence electrons. The lowest BCUT2D eigenvalue weighted by Crippen LogP contribution is -2.05. The highest BCUT2D eigenvalue weighted by atomic mass is 35.5. The third kappa shape index (κ3) is 7.10. The summed E-state index contributed by atoms with van der Waals surface area (Å²) in [6, 6.07) is 14.3. The smallest absolute Gasteiger partial charge is 0.119 e. The first kappa shape index (κ1) is 21.6. The number of ether oxygens (including phenoxy) is 2. The van der Waals surface area contributed by atoms with Crippen molar-refractivity contribution in [2.45, 2.75) is 52.3 Å². The maximum atomic E-state index is 6.14. The van der Waals surface area contributed by atoms with E-state index in [2.05, 4.69) is 39.0 Å². The van der Waals surface area contributed by atoms with E-state index in [1.165, 1.54) is 19.3 Å². The lowest BCUT2D eigenvalue weighted by atomic mass is 9.97. The molecule has 0 spiro atoms. The van der Waals surface area contributed by atoms with E-state index in [9.17, 15) is 0 Å². The molecule has 0 aliphatic heterocycles. The largest absolute Gasteiger partial charge is 0.497 e. The SMILES string of the molecule is COc1ccc(-c2cccc(OCCC(C)CCCC(C)C)c2)c(CCl)c1. The van der Waals surface area contributed by atoms with Crippen LogP contribution in [0.1, 0.15) is 52.0 Å². The molecule has 0 heterocycles. The Hall–Kier alpha value is -1.67. The Bertz CT molecular complexity index is 697. The van der Waals surface area contributed by atoms with Gasteiger partial charge in [-0.2, -0.15) is 0 Å². The van der Waals surface area contributed by atoms with E-state index < -0.39 is 0 Å². The molecule has 1 atom stereocenters. The molecule has 0 radical (unpaired) electrons. The normalized spacial score (nSPS) is 12.2. The predicted molar refractivity (Wildman–Crippen MR) is 116 cm³/mol. The van der Waals surface area contributed by atoms with Crippen LogP contribution in [0.25, 0.3) is 11.1 Å². The molecule has 3 heteroatoms. The summed E-state index contributed by atoms with van der Waals surface area (Å²) in [7, 11) is 1.67. The average molecular weight is 389 g/mol. The Morgan fingerprint density at radius 2 is 1.74 bits per heavy atom. The maximum Gasteiger partial charge on any atom is 0.119 e. The first-order valence-corrected chi connectivity index (χ1v) is 10.5. The molecular weight excluding hydrogens is 356 g/mol. The third-order valence-corrected chi connectivity index (χ3v) is 5.25. The summed E-state index contributed by atoms with van der Waals surface area (Å²) in [5.41, 5.74) is 3.31. The van der Waals surface area contributed by atoms with Crippen LogP contribution in [-0.4, -0.2) is 13.7 Å². The zero-order valence-corrected chi connectivity index (χ0v) is 17.9. The molecule has 0 saturated heterocycles. The van der Waals surface area contributed by atoms with Crippen LogP contribution >= 0.6 is 11.6 Å². The number of rotatable bonds is 11. The monoisotopic (exact) mass is 388 g/mol. The Labute approximate surface area is 169 Å². The van der Waals surface area contributed by atoms with Gasteiger partial charge in [0.25, 0.3) is 0 Å². The minimum absolute atomic E-state index is 0.450. The van der Waals surface area contributed by atoms with Gasteiger partial charge in [0.15, 0.2) is 0 Å². The Morgan fingerprint density at radius 1 is 0.926 bits per heavy atom. The van der Waals surface area contributed by atoms with Gasteiger partial charge in [0.05, 0.1) is 13.7 Å². The van der Waals surface area contributed by atoms with Gasteiger partial charge in [0.1, 0.15) is 11.5 Å². The first-order chi connectivity index (χ1) is 13.0. The second-order valence-corrected chi connectivity index (χ2v) is 8.02. The van der Waals surface area contributed by atoms with Crippen molar-refractivity contribution in [3.63, 3.8) is 0 Å². The molecule has 27 heavy (non-hydrogen) atoms. The summed E-state index contributed by atoms with van der Waals surface area (Å²) in [6.07, 6.45) is 5.01. The molecule has 0 aliphatic carbocycles. The quantitative estimate of drug-likeness (QED) is 0.375. The van der Waals surface area contributed by atoms with Crippen molar-refractivity contribution in [3.05, 3.63) is 48.0 Å². The fourth-order valence-electron chi connectivity index (χ4n) is 3.24. The second-order valence-electron chi connectivity index (χ2n) is 7.75. The van der Waals surface area contributed by atoms with Gasteiger partial charge < -0.3 is 9.47 Å². The number of halogens is 1. The molecular formula is C24H33ClO2. The topological polar surface area (TPSA) is 18.5 Å². The molecule has 2 nitrogen and oxygen atoms in total. The lowest BCUT2D eigenvalue weighted by molar-refractivity contribution is 0.276. The van der Waals surface area contributed by atoms with Crippen LogP contribution in [0.3, 0.4) is 0 Å². The van der Waals surface area contributed by atoms with Crippen LogP contribution in [-0.2, 0) is 5.88 Å². The van der Waals surface area contributed by atoms with Gasteiger partial charge in [-0.25, -0.2) is 0 Å². The summed E-state index contributed by atoms with van der Waals surface area (Å²) in [4.78, 5) is 0. The highest BCUT2D eigenvalue weighted by Gasteiger charge is 2.08. The van der Waals surface area contributed by atoms with Gasteiger partial charge in [0.2, 0.25) is 0 Å². The number of methoxy groups -OCH3 is 1. The number of hydrogen-bond donors (Lipinski definition) is 0. The Kier molecular flexibility index (Phi) is 9.00. The molecule has 1 unspecified atom stereocenters. The summed E-state index contributed by atoms with van der Waals surface area (Å²) in [6.45, 7) is 7.67. The first-order valence-electron chi connectivity index (χ1n) is 9.99. The van der Waals surface area contributed by atoms with Crippen LogP contribution in [0.4, 0.5) is 0 Å². The van der Waals surface area contributed by atoms with Crippen molar-refractivity contribution in [2.75, 3.05) is 13.7 Å². The summed E-state index contributed by atoms with van der Waals surface area (Å²) < 4.78 is 11.3. The summed E-state index contributed by atoms with van der Waals surface area (Å²) in [5.74, 6) is 3.70. The summed E-state index contributed by atoms with van der Waals surface area (Å²) >= 11 is 6.14. The number of benzene rings is 2. The van der Waals surface area contributed by atoms with Crippen LogP contribution < -0.4 is 9.47 Å². The molecule has 2 aromatic carbocycles. The molecule has 0 aliphatic rings. The molecule has 2 aromatic rings. The Morgan fingerprint density at radius 3 is 2.44 bits per heavy atom. The zero-order valence-electron chi connectivity index (χ0n) is 17.1. The second kappa shape index (κ2) is 11.2. The molecule has 0 amide bonds. The van der Waals surface area contributed by atoms with Gasteiger partial charge in [-0.1, -0.05) is 58.2 Å². The van der Waals surface area contributed by atoms with Crippen molar-refractivity contribution < 1.29 is 9.47 Å². The third-order valence-electron chi connectivity index (χ3n) is 4.96. The predicted octanol–water partition coefficient (Wildman–Crippen LogP) is 7.33. The van der Waals surface area contributed by atoms with Crippen LogP contribution in [0.2, 0.25) is 0 Å². The maximum absolute atomic E-state index is 6.14. The molecule has 0 aromatic heterocycles. The van der Waals surface area contributed by atoms with Crippen molar-refractivity contribution in [1.82, 2.24) is 0 Å². The van der Waals surface area contributed by atoms with Crippen molar-refractivity contribution in [3.8, 4) is 22.6 Å².